The maximum Gasteiger partial charge on any atom is 0.326 e. The van der Waals surface area contributed by atoms with Gasteiger partial charge in [-0.1, -0.05) is 30.3 Å². The zero-order valence-electron chi connectivity index (χ0n) is 11.6. The number of hydrogen-bond donors (Lipinski definition) is 2. The molecule has 0 radical (unpaired) electrons. The molecular weight excluding hydrogens is 290 g/mol. The minimum atomic E-state index is -1.05. The fourth-order valence-electron chi connectivity index (χ4n) is 2.40. The number of carbonyl (C=O) groups is 2. The van der Waals surface area contributed by atoms with E-state index in [0.717, 1.165) is 12.2 Å². The first kappa shape index (κ1) is 15.9. The second-order valence-electron chi connectivity index (χ2n) is 5.08. The Hall–Kier alpha value is -1.53. The smallest absolute Gasteiger partial charge is 0.326 e. The van der Waals surface area contributed by atoms with Crippen LogP contribution in [0.25, 0.3) is 0 Å². The molecule has 1 aromatic rings. The van der Waals surface area contributed by atoms with Gasteiger partial charge in [-0.2, -0.15) is 11.8 Å². The van der Waals surface area contributed by atoms with Gasteiger partial charge in [0.05, 0.1) is 11.9 Å². The van der Waals surface area contributed by atoms with Crippen molar-refractivity contribution in [3.8, 4) is 0 Å². The van der Waals surface area contributed by atoms with E-state index in [1.807, 2.05) is 30.3 Å². The van der Waals surface area contributed by atoms with Gasteiger partial charge in [0.15, 0.2) is 0 Å². The third kappa shape index (κ3) is 4.47. The zero-order valence-corrected chi connectivity index (χ0v) is 12.5. The van der Waals surface area contributed by atoms with Gasteiger partial charge in [0.1, 0.15) is 6.04 Å². The number of carbonyl (C=O) groups excluding carboxylic acids is 1. The molecule has 114 valence electrons. The number of amides is 1. The van der Waals surface area contributed by atoms with Crippen molar-refractivity contribution < 1.29 is 19.8 Å². The lowest BCUT2D eigenvalue weighted by Crippen LogP contribution is -2.41. The van der Waals surface area contributed by atoms with Gasteiger partial charge in [-0.25, -0.2) is 4.79 Å². The number of carboxylic acid groups (broad SMARTS) is 1. The maximum absolute atomic E-state index is 12.0. The SMILES string of the molecule is O=C(O)[C@@H]1C[C@H](O)CN1C(=O)CSCCc1ccccc1. The van der Waals surface area contributed by atoms with E-state index < -0.39 is 18.1 Å². The highest BCUT2D eigenvalue weighted by atomic mass is 32.2. The molecule has 0 bridgehead atoms. The summed E-state index contributed by atoms with van der Waals surface area (Å²) in [5, 5.41) is 18.6. The molecule has 1 heterocycles. The molecule has 0 saturated carbocycles. The van der Waals surface area contributed by atoms with Crippen molar-refractivity contribution in [2.75, 3.05) is 18.1 Å². The largest absolute Gasteiger partial charge is 0.480 e. The normalized spacial score (nSPS) is 21.5. The van der Waals surface area contributed by atoms with Crippen LogP contribution in [0.15, 0.2) is 30.3 Å². The van der Waals surface area contributed by atoms with Crippen molar-refractivity contribution >= 4 is 23.6 Å². The number of benzene rings is 1. The molecule has 2 rings (SSSR count). The zero-order chi connectivity index (χ0) is 15.2. The van der Waals surface area contributed by atoms with Crippen LogP contribution in [0.1, 0.15) is 12.0 Å². The van der Waals surface area contributed by atoms with Crippen molar-refractivity contribution in [2.24, 2.45) is 0 Å². The van der Waals surface area contributed by atoms with Gasteiger partial charge in [0, 0.05) is 13.0 Å². The molecule has 0 unspecified atom stereocenters. The van der Waals surface area contributed by atoms with E-state index in [1.54, 1.807) is 0 Å². The van der Waals surface area contributed by atoms with Crippen LogP contribution < -0.4 is 0 Å². The Bertz CT molecular complexity index is 494. The molecule has 2 atom stereocenters. The van der Waals surface area contributed by atoms with Crippen molar-refractivity contribution in [2.45, 2.75) is 25.0 Å². The minimum absolute atomic E-state index is 0.120. The van der Waals surface area contributed by atoms with Crippen LogP contribution in [0.2, 0.25) is 0 Å². The molecule has 1 aromatic carbocycles. The average Bonchev–Trinajstić information content (AvgIpc) is 2.87. The van der Waals surface area contributed by atoms with Gasteiger partial charge in [-0.15, -0.1) is 0 Å². The predicted octanol–water partition coefficient (Wildman–Crippen LogP) is 1.01. The minimum Gasteiger partial charge on any atom is -0.480 e. The number of carboxylic acids is 1. The Morgan fingerprint density at radius 1 is 1.29 bits per heavy atom. The first-order valence-electron chi connectivity index (χ1n) is 6.90. The number of likely N-dealkylation sites (tertiary alicyclic amines) is 1. The standard InChI is InChI=1S/C15H19NO4S/c17-12-8-13(15(19)20)16(9-12)14(18)10-21-7-6-11-4-2-1-3-5-11/h1-5,12-13,17H,6-10H2,(H,19,20)/t12-,13-/m0/s1. The number of nitrogens with zero attached hydrogens (tertiary/aromatic N) is 1. The Morgan fingerprint density at radius 3 is 2.67 bits per heavy atom. The average molecular weight is 309 g/mol. The molecule has 0 spiro atoms. The summed E-state index contributed by atoms with van der Waals surface area (Å²) in [6.45, 7) is 0.120. The monoisotopic (exact) mass is 309 g/mol. The van der Waals surface area contributed by atoms with Crippen LogP contribution >= 0.6 is 11.8 Å². The second-order valence-corrected chi connectivity index (χ2v) is 6.18. The molecule has 1 amide bonds. The summed E-state index contributed by atoms with van der Waals surface area (Å²) in [5.41, 5.74) is 1.22. The molecule has 1 aliphatic heterocycles. The molecule has 1 saturated heterocycles. The highest BCUT2D eigenvalue weighted by molar-refractivity contribution is 7.99. The topological polar surface area (TPSA) is 77.8 Å². The highest BCUT2D eigenvalue weighted by Gasteiger charge is 2.38. The van der Waals surface area contributed by atoms with E-state index in [0.29, 0.717) is 0 Å². The number of thioether (sulfide) groups is 1. The van der Waals surface area contributed by atoms with Crippen LogP contribution in [0, 0.1) is 0 Å². The second kappa shape index (κ2) is 7.47. The lowest BCUT2D eigenvalue weighted by atomic mass is 10.2. The molecule has 1 aliphatic rings. The number of hydrogen-bond acceptors (Lipinski definition) is 4. The Balaban J connectivity index is 1.75. The number of aliphatic carboxylic acids is 1. The van der Waals surface area contributed by atoms with Crippen molar-refractivity contribution in [1.82, 2.24) is 4.90 Å². The van der Waals surface area contributed by atoms with Crippen LogP contribution in [0.4, 0.5) is 0 Å². The van der Waals surface area contributed by atoms with E-state index >= 15 is 0 Å². The van der Waals surface area contributed by atoms with Crippen LogP contribution in [0.5, 0.6) is 0 Å². The van der Waals surface area contributed by atoms with Crippen LogP contribution in [-0.2, 0) is 16.0 Å². The van der Waals surface area contributed by atoms with Gasteiger partial charge in [0.2, 0.25) is 5.91 Å². The third-order valence-electron chi connectivity index (χ3n) is 3.49. The molecule has 1 fully saturated rings. The quantitative estimate of drug-likeness (QED) is 0.767. The van der Waals surface area contributed by atoms with Crippen molar-refractivity contribution in [3.05, 3.63) is 35.9 Å². The van der Waals surface area contributed by atoms with Gasteiger partial charge in [0.25, 0.3) is 0 Å². The van der Waals surface area contributed by atoms with Gasteiger partial charge in [-0.3, -0.25) is 4.79 Å². The van der Waals surface area contributed by atoms with E-state index in [1.165, 1.54) is 22.2 Å². The van der Waals surface area contributed by atoms with Crippen LogP contribution in [-0.4, -0.2) is 57.2 Å². The molecule has 5 nitrogen and oxygen atoms in total. The van der Waals surface area contributed by atoms with E-state index in [9.17, 15) is 14.7 Å². The summed E-state index contributed by atoms with van der Waals surface area (Å²) in [7, 11) is 0. The summed E-state index contributed by atoms with van der Waals surface area (Å²) >= 11 is 1.49. The number of rotatable bonds is 6. The van der Waals surface area contributed by atoms with Gasteiger partial charge in [-0.05, 0) is 17.7 Å². The first-order chi connectivity index (χ1) is 10.1. The number of β-amino-alcohol motifs (C(OH)–C–C–N with tert-alkyl or cyclic N) is 1. The van der Waals surface area contributed by atoms with E-state index in [2.05, 4.69) is 0 Å². The fourth-order valence-corrected chi connectivity index (χ4v) is 3.27. The molecular formula is C15H19NO4S. The summed E-state index contributed by atoms with van der Waals surface area (Å²) in [6.07, 6.45) is 0.267. The fraction of sp³-hybridized carbons (Fsp3) is 0.467. The summed E-state index contributed by atoms with van der Waals surface area (Å²) in [6, 6.07) is 9.12. The first-order valence-corrected chi connectivity index (χ1v) is 8.05. The lowest BCUT2D eigenvalue weighted by Gasteiger charge is -2.20. The molecule has 21 heavy (non-hydrogen) atoms. The van der Waals surface area contributed by atoms with Crippen LogP contribution in [0.3, 0.4) is 0 Å². The number of aryl methyl sites for hydroxylation is 1. The molecule has 6 heteroatoms. The summed E-state index contributed by atoms with van der Waals surface area (Å²) < 4.78 is 0. The van der Waals surface area contributed by atoms with Gasteiger partial charge >= 0.3 is 5.97 Å². The highest BCUT2D eigenvalue weighted by Crippen LogP contribution is 2.19. The lowest BCUT2D eigenvalue weighted by molar-refractivity contribution is -0.147. The molecule has 0 aliphatic carbocycles. The number of aliphatic hydroxyl groups is 1. The van der Waals surface area contributed by atoms with Gasteiger partial charge < -0.3 is 15.1 Å². The Kier molecular flexibility index (Phi) is 5.64. The number of aliphatic hydroxyl groups excluding tert-OH is 1. The molecule has 0 aromatic heterocycles. The van der Waals surface area contributed by atoms with E-state index in [-0.39, 0.29) is 24.6 Å². The molecule has 2 N–H and O–H groups in total. The van der Waals surface area contributed by atoms with E-state index in [4.69, 9.17) is 5.11 Å². The summed E-state index contributed by atoms with van der Waals surface area (Å²) in [4.78, 5) is 24.4. The maximum atomic E-state index is 12.0. The predicted molar refractivity (Wildman–Crippen MR) is 81.2 cm³/mol. The Morgan fingerprint density at radius 2 is 2.00 bits per heavy atom. The van der Waals surface area contributed by atoms with Crippen molar-refractivity contribution in [1.29, 1.82) is 0 Å². The van der Waals surface area contributed by atoms with Crippen molar-refractivity contribution in [3.63, 3.8) is 0 Å². The Labute approximate surface area is 128 Å². The summed E-state index contributed by atoms with van der Waals surface area (Å²) in [5.74, 6) is -0.195. The third-order valence-corrected chi connectivity index (χ3v) is 4.43.